The van der Waals surface area contributed by atoms with Gasteiger partial charge in [-0.25, -0.2) is 8.42 Å². The number of sulfone groups is 1. The summed E-state index contributed by atoms with van der Waals surface area (Å²) < 4.78 is 27.6. The maximum absolute atomic E-state index is 12.3. The van der Waals surface area contributed by atoms with Crippen LogP contribution in [0.15, 0.2) is 76.6 Å². The molecule has 1 aromatic heterocycles. The Morgan fingerprint density at radius 3 is 2.50 bits per heavy atom. The predicted octanol–water partition coefficient (Wildman–Crippen LogP) is 3.68. The molecule has 0 N–H and O–H groups in total. The molecular weight excluding hydrogens is 392 g/mol. The van der Waals surface area contributed by atoms with Crippen LogP contribution in [0, 0.1) is 0 Å². The van der Waals surface area contributed by atoms with Gasteiger partial charge in [-0.1, -0.05) is 59.9 Å². The van der Waals surface area contributed by atoms with E-state index in [9.17, 15) is 13.2 Å². The van der Waals surface area contributed by atoms with Gasteiger partial charge in [-0.05, 0) is 23.6 Å². The lowest BCUT2D eigenvalue weighted by atomic mass is 10.1. The van der Waals surface area contributed by atoms with Crippen molar-refractivity contribution in [2.45, 2.75) is 11.3 Å². The first kappa shape index (κ1) is 18.6. The largest absolute Gasteiger partial charge is 0.319 e. The molecule has 0 saturated heterocycles. The maximum Gasteiger partial charge on any atom is 0.249 e. The van der Waals surface area contributed by atoms with Crippen LogP contribution in [0.3, 0.4) is 0 Å². The third-order valence-corrected chi connectivity index (χ3v) is 7.42. The van der Waals surface area contributed by atoms with Crippen molar-refractivity contribution >= 4 is 48.1 Å². The van der Waals surface area contributed by atoms with Gasteiger partial charge in [0.2, 0.25) is 5.91 Å². The minimum absolute atomic E-state index is 0.147. The third kappa shape index (κ3) is 3.50. The quantitative estimate of drug-likeness (QED) is 0.515. The topological polar surface area (TPSA) is 68.5 Å². The van der Waals surface area contributed by atoms with Crippen LogP contribution in [0.25, 0.3) is 21.0 Å². The Labute approximate surface area is 166 Å². The fourth-order valence-electron chi connectivity index (χ4n) is 3.15. The normalized spacial score (nSPS) is 12.7. The number of benzene rings is 3. The standard InChI is InChI=1S/C21H18N2O3S2/c1-23-20-17-10-6-5-7-15(17)11-12-18(20)27-21(23)22-19(24)13-14-28(25,26)16-8-3-2-4-9-16/h2-12H,13-14H2,1H3. The van der Waals surface area contributed by atoms with Gasteiger partial charge in [0.25, 0.3) is 0 Å². The zero-order valence-corrected chi connectivity index (χ0v) is 16.8. The van der Waals surface area contributed by atoms with Gasteiger partial charge in [0.15, 0.2) is 14.6 Å². The molecule has 0 radical (unpaired) electrons. The van der Waals surface area contributed by atoms with E-state index in [4.69, 9.17) is 0 Å². The number of hydrogen-bond acceptors (Lipinski definition) is 4. The molecule has 0 atom stereocenters. The van der Waals surface area contributed by atoms with E-state index in [2.05, 4.69) is 4.99 Å². The first-order chi connectivity index (χ1) is 13.5. The molecule has 0 aliphatic rings. The van der Waals surface area contributed by atoms with Crippen molar-refractivity contribution in [1.82, 2.24) is 4.57 Å². The minimum atomic E-state index is -3.50. The van der Waals surface area contributed by atoms with E-state index in [1.165, 1.54) is 23.5 Å². The highest BCUT2D eigenvalue weighted by Gasteiger charge is 2.16. The molecule has 5 nitrogen and oxygen atoms in total. The SMILES string of the molecule is Cn1c(=NC(=O)CCS(=O)(=O)c2ccccc2)sc2ccc3ccccc3c21. The van der Waals surface area contributed by atoms with E-state index >= 15 is 0 Å². The Morgan fingerprint density at radius 1 is 1.00 bits per heavy atom. The van der Waals surface area contributed by atoms with E-state index in [-0.39, 0.29) is 17.1 Å². The predicted molar refractivity (Wildman–Crippen MR) is 112 cm³/mol. The molecule has 0 aliphatic carbocycles. The fourth-order valence-corrected chi connectivity index (χ4v) is 5.46. The van der Waals surface area contributed by atoms with Crippen LogP contribution >= 0.6 is 11.3 Å². The fraction of sp³-hybridized carbons (Fsp3) is 0.143. The van der Waals surface area contributed by atoms with Crippen LogP contribution in [0.2, 0.25) is 0 Å². The summed E-state index contributed by atoms with van der Waals surface area (Å²) in [6.07, 6.45) is -0.147. The summed E-state index contributed by atoms with van der Waals surface area (Å²) in [5.41, 5.74) is 1.02. The first-order valence-electron chi connectivity index (χ1n) is 8.78. The van der Waals surface area contributed by atoms with Gasteiger partial charge in [0, 0.05) is 18.9 Å². The Hall–Kier alpha value is -2.77. The van der Waals surface area contributed by atoms with Gasteiger partial charge in [0.05, 0.1) is 20.9 Å². The first-order valence-corrected chi connectivity index (χ1v) is 11.3. The monoisotopic (exact) mass is 410 g/mol. The number of thiazole rings is 1. The van der Waals surface area contributed by atoms with Crippen molar-refractivity contribution < 1.29 is 13.2 Å². The smallest absolute Gasteiger partial charge is 0.249 e. The molecule has 0 bridgehead atoms. The molecule has 0 aliphatic heterocycles. The van der Waals surface area contributed by atoms with Crippen LogP contribution in [-0.4, -0.2) is 24.6 Å². The van der Waals surface area contributed by atoms with Crippen molar-refractivity contribution in [2.24, 2.45) is 12.0 Å². The summed E-state index contributed by atoms with van der Waals surface area (Å²) in [5.74, 6) is -0.692. The van der Waals surface area contributed by atoms with Crippen LogP contribution in [-0.2, 0) is 21.7 Å². The van der Waals surface area contributed by atoms with E-state index in [1.807, 2.05) is 48.0 Å². The lowest BCUT2D eigenvalue weighted by Crippen LogP contribution is -2.16. The van der Waals surface area contributed by atoms with Gasteiger partial charge in [0.1, 0.15) is 0 Å². The van der Waals surface area contributed by atoms with Gasteiger partial charge in [-0.15, -0.1) is 0 Å². The summed E-state index contributed by atoms with van der Waals surface area (Å²) in [6.45, 7) is 0. The molecule has 0 fully saturated rings. The van der Waals surface area contributed by atoms with Gasteiger partial charge in [-0.3, -0.25) is 4.79 Å². The van der Waals surface area contributed by atoms with Crippen molar-refractivity contribution in [2.75, 3.05) is 5.75 Å². The van der Waals surface area contributed by atoms with Crippen molar-refractivity contribution in [3.63, 3.8) is 0 Å². The third-order valence-electron chi connectivity index (χ3n) is 4.59. The average Bonchev–Trinajstić information content (AvgIpc) is 3.03. The lowest BCUT2D eigenvalue weighted by Gasteiger charge is -2.02. The molecule has 0 saturated carbocycles. The summed E-state index contributed by atoms with van der Waals surface area (Å²) in [5, 5.41) is 2.22. The molecule has 28 heavy (non-hydrogen) atoms. The molecule has 0 spiro atoms. The molecular formula is C21H18N2O3S2. The molecule has 142 valence electrons. The van der Waals surface area contributed by atoms with Crippen LogP contribution in [0.1, 0.15) is 6.42 Å². The van der Waals surface area contributed by atoms with Crippen LogP contribution in [0.5, 0.6) is 0 Å². The molecule has 0 unspecified atom stereocenters. The van der Waals surface area contributed by atoms with Gasteiger partial charge < -0.3 is 4.57 Å². The number of nitrogens with zero attached hydrogens (tertiary/aromatic N) is 2. The van der Waals surface area contributed by atoms with Gasteiger partial charge in [-0.2, -0.15) is 4.99 Å². The number of carbonyl (C=O) groups excluding carboxylic acids is 1. The van der Waals surface area contributed by atoms with Gasteiger partial charge >= 0.3 is 0 Å². The van der Waals surface area contributed by atoms with Crippen LogP contribution < -0.4 is 4.80 Å². The van der Waals surface area contributed by atoms with Crippen molar-refractivity contribution in [3.8, 4) is 0 Å². The number of amides is 1. The second kappa shape index (κ2) is 7.33. The molecule has 4 rings (SSSR count). The van der Waals surface area contributed by atoms with E-state index in [1.54, 1.807) is 18.2 Å². The Kier molecular flexibility index (Phi) is 4.87. The maximum atomic E-state index is 12.3. The number of hydrogen-bond donors (Lipinski definition) is 0. The lowest BCUT2D eigenvalue weighted by molar-refractivity contribution is -0.117. The molecule has 4 aromatic rings. The zero-order valence-electron chi connectivity index (χ0n) is 15.2. The summed E-state index contributed by atoms with van der Waals surface area (Å²) >= 11 is 1.42. The molecule has 1 heterocycles. The van der Waals surface area contributed by atoms with E-state index in [0.717, 1.165) is 21.0 Å². The summed E-state index contributed by atoms with van der Waals surface area (Å²) in [6, 6.07) is 20.3. The summed E-state index contributed by atoms with van der Waals surface area (Å²) in [7, 11) is -1.62. The van der Waals surface area contributed by atoms with E-state index < -0.39 is 15.7 Å². The Balaban J connectivity index is 1.64. The van der Waals surface area contributed by atoms with E-state index in [0.29, 0.717) is 4.80 Å². The Morgan fingerprint density at radius 2 is 1.71 bits per heavy atom. The zero-order chi connectivity index (χ0) is 19.7. The number of aryl methyl sites for hydroxylation is 1. The molecule has 7 heteroatoms. The molecule has 3 aromatic carbocycles. The minimum Gasteiger partial charge on any atom is -0.319 e. The highest BCUT2D eigenvalue weighted by molar-refractivity contribution is 7.91. The number of carbonyl (C=O) groups is 1. The highest BCUT2D eigenvalue weighted by atomic mass is 32.2. The second-order valence-electron chi connectivity index (χ2n) is 6.46. The molecule has 1 amide bonds. The summed E-state index contributed by atoms with van der Waals surface area (Å²) in [4.78, 5) is 17.3. The Bertz CT molecular complexity index is 1350. The number of fused-ring (bicyclic) bond motifs is 3. The average molecular weight is 411 g/mol. The second-order valence-corrected chi connectivity index (χ2v) is 9.58. The number of aromatic nitrogens is 1. The van der Waals surface area contributed by atoms with Crippen molar-refractivity contribution in [1.29, 1.82) is 0 Å². The van der Waals surface area contributed by atoms with Crippen molar-refractivity contribution in [3.05, 3.63) is 71.5 Å². The highest BCUT2D eigenvalue weighted by Crippen LogP contribution is 2.26. The van der Waals surface area contributed by atoms with Crippen LogP contribution in [0.4, 0.5) is 0 Å². The number of rotatable bonds is 4.